The minimum absolute atomic E-state index is 0.617. The molecule has 0 saturated carbocycles. The summed E-state index contributed by atoms with van der Waals surface area (Å²) in [4.78, 5) is 0.809. The molecule has 0 radical (unpaired) electrons. The van der Waals surface area contributed by atoms with Crippen molar-refractivity contribution in [1.29, 1.82) is 0 Å². The van der Waals surface area contributed by atoms with Crippen LogP contribution >= 0.6 is 27.3 Å². The number of fused-ring (bicyclic) bond motifs is 1. The molecule has 0 fully saturated rings. The summed E-state index contributed by atoms with van der Waals surface area (Å²) in [5.41, 5.74) is 1.08. The molecule has 3 aromatic rings. The van der Waals surface area contributed by atoms with Crippen LogP contribution in [0.25, 0.3) is 15.5 Å². The van der Waals surface area contributed by atoms with E-state index in [9.17, 15) is 0 Å². The van der Waals surface area contributed by atoms with E-state index < -0.39 is 0 Å². The van der Waals surface area contributed by atoms with Crippen LogP contribution in [-0.4, -0.2) is 33.5 Å². The largest absolute Gasteiger partial charge is 0.384 e. The van der Waals surface area contributed by atoms with Crippen LogP contribution < -0.4 is 0 Å². The zero-order valence-corrected chi connectivity index (χ0v) is 12.6. The Labute approximate surface area is 122 Å². The van der Waals surface area contributed by atoms with Crippen LogP contribution in [0.2, 0.25) is 0 Å². The zero-order chi connectivity index (χ0) is 13.2. The van der Waals surface area contributed by atoms with E-state index in [0.717, 1.165) is 25.8 Å². The molecule has 0 atom stereocenters. The van der Waals surface area contributed by atoms with Crippen LogP contribution in [0, 0.1) is 0 Å². The lowest BCUT2D eigenvalue weighted by Gasteiger charge is -1.96. The quantitative estimate of drug-likeness (QED) is 0.733. The number of nitrogens with zero attached hydrogens (tertiary/aromatic N) is 4. The third-order valence-electron chi connectivity index (χ3n) is 2.68. The molecule has 1 aromatic carbocycles. The molecule has 0 bridgehead atoms. The monoisotopic (exact) mass is 338 g/mol. The van der Waals surface area contributed by atoms with Crippen LogP contribution in [0.5, 0.6) is 0 Å². The lowest BCUT2D eigenvalue weighted by atomic mass is 10.2. The minimum atomic E-state index is 0.617. The average Bonchev–Trinajstić information content (AvgIpc) is 2.98. The van der Waals surface area contributed by atoms with E-state index in [1.165, 1.54) is 11.3 Å². The molecule has 98 valence electrons. The summed E-state index contributed by atoms with van der Waals surface area (Å²) in [6, 6.07) is 8.07. The van der Waals surface area contributed by atoms with E-state index in [1.807, 2.05) is 24.3 Å². The van der Waals surface area contributed by atoms with Gasteiger partial charge in [0.2, 0.25) is 4.96 Å². The number of benzene rings is 1. The summed E-state index contributed by atoms with van der Waals surface area (Å²) in [6.45, 7) is 0.617. The van der Waals surface area contributed by atoms with Gasteiger partial charge >= 0.3 is 0 Å². The van der Waals surface area contributed by atoms with Crippen molar-refractivity contribution in [2.75, 3.05) is 13.7 Å². The summed E-state index contributed by atoms with van der Waals surface area (Å²) in [6.07, 6.45) is 0.710. The highest BCUT2D eigenvalue weighted by Gasteiger charge is 2.12. The topological polar surface area (TPSA) is 52.3 Å². The van der Waals surface area contributed by atoms with E-state index in [0.29, 0.717) is 13.0 Å². The van der Waals surface area contributed by atoms with Crippen molar-refractivity contribution in [3.63, 3.8) is 0 Å². The van der Waals surface area contributed by atoms with Crippen molar-refractivity contribution in [2.45, 2.75) is 6.42 Å². The number of hydrogen-bond acceptors (Lipinski definition) is 5. The summed E-state index contributed by atoms with van der Waals surface area (Å²) >= 11 is 4.96. The molecule has 0 aliphatic carbocycles. The Kier molecular flexibility index (Phi) is 3.58. The molecule has 2 aromatic heterocycles. The van der Waals surface area contributed by atoms with E-state index >= 15 is 0 Å². The van der Waals surface area contributed by atoms with Crippen LogP contribution in [-0.2, 0) is 11.2 Å². The van der Waals surface area contributed by atoms with Crippen molar-refractivity contribution < 1.29 is 4.74 Å². The van der Waals surface area contributed by atoms with Gasteiger partial charge in [-0.2, -0.15) is 9.61 Å². The van der Waals surface area contributed by atoms with Gasteiger partial charge < -0.3 is 4.74 Å². The number of aromatic nitrogens is 4. The summed E-state index contributed by atoms with van der Waals surface area (Å²) in [5, 5.41) is 13.8. The molecule has 0 unspecified atom stereocenters. The third kappa shape index (κ3) is 2.54. The standard InChI is InChI=1S/C12H11BrN4OS/c1-18-7-6-10-14-15-12-17(10)16-11(19-12)8-2-4-9(13)5-3-8/h2-5H,6-7H2,1H3. The fraction of sp³-hybridized carbons (Fsp3) is 0.250. The molecule has 5 nitrogen and oxygen atoms in total. The second-order valence-electron chi connectivity index (χ2n) is 3.97. The first-order valence-corrected chi connectivity index (χ1v) is 7.35. The van der Waals surface area contributed by atoms with E-state index in [1.54, 1.807) is 11.6 Å². The Morgan fingerprint density at radius 3 is 2.79 bits per heavy atom. The van der Waals surface area contributed by atoms with Crippen LogP contribution in [0.4, 0.5) is 0 Å². The molecule has 0 amide bonds. The van der Waals surface area contributed by atoms with Gasteiger partial charge in [-0.15, -0.1) is 10.2 Å². The van der Waals surface area contributed by atoms with Gasteiger partial charge in [-0.3, -0.25) is 0 Å². The van der Waals surface area contributed by atoms with Crippen LogP contribution in [0.1, 0.15) is 5.82 Å². The predicted molar refractivity (Wildman–Crippen MR) is 77.4 cm³/mol. The maximum absolute atomic E-state index is 5.06. The number of methoxy groups -OCH3 is 1. The van der Waals surface area contributed by atoms with Gasteiger partial charge in [0, 0.05) is 23.6 Å². The summed E-state index contributed by atoms with van der Waals surface area (Å²) < 4.78 is 7.91. The van der Waals surface area contributed by atoms with Gasteiger partial charge in [-0.05, 0) is 12.1 Å². The normalized spacial score (nSPS) is 11.3. The molecule has 2 heterocycles. The molecule has 0 N–H and O–H groups in total. The molecule has 0 aliphatic heterocycles. The van der Waals surface area contributed by atoms with Crippen molar-refractivity contribution >= 4 is 32.2 Å². The van der Waals surface area contributed by atoms with Gasteiger partial charge in [0.25, 0.3) is 0 Å². The second kappa shape index (κ2) is 5.36. The first-order chi connectivity index (χ1) is 9.28. The Bertz CT molecular complexity index is 691. The molecular formula is C12H11BrN4OS. The van der Waals surface area contributed by atoms with Gasteiger partial charge in [-0.25, -0.2) is 0 Å². The Morgan fingerprint density at radius 2 is 2.05 bits per heavy atom. The van der Waals surface area contributed by atoms with Gasteiger partial charge in [0.05, 0.1) is 6.61 Å². The molecule has 0 aliphatic rings. The first-order valence-electron chi connectivity index (χ1n) is 5.74. The predicted octanol–water partition coefficient (Wildman–Crippen LogP) is 2.80. The number of hydrogen-bond donors (Lipinski definition) is 0. The Morgan fingerprint density at radius 1 is 1.26 bits per heavy atom. The average molecular weight is 339 g/mol. The zero-order valence-electron chi connectivity index (χ0n) is 10.2. The highest BCUT2D eigenvalue weighted by Crippen LogP contribution is 2.26. The molecule has 7 heteroatoms. The Hall–Kier alpha value is -1.31. The van der Waals surface area contributed by atoms with E-state index in [4.69, 9.17) is 4.74 Å². The van der Waals surface area contributed by atoms with Gasteiger partial charge in [0.15, 0.2) is 5.82 Å². The molecular weight excluding hydrogens is 328 g/mol. The summed E-state index contributed by atoms with van der Waals surface area (Å²) in [7, 11) is 1.67. The Balaban J connectivity index is 1.97. The highest BCUT2D eigenvalue weighted by atomic mass is 79.9. The second-order valence-corrected chi connectivity index (χ2v) is 5.84. The van der Waals surface area contributed by atoms with Gasteiger partial charge in [-0.1, -0.05) is 39.4 Å². The van der Waals surface area contributed by atoms with Crippen LogP contribution in [0.3, 0.4) is 0 Å². The number of rotatable bonds is 4. The third-order valence-corrected chi connectivity index (χ3v) is 4.15. The number of ether oxygens (including phenoxy) is 1. The first kappa shape index (κ1) is 12.7. The van der Waals surface area contributed by atoms with E-state index in [2.05, 4.69) is 31.2 Å². The lowest BCUT2D eigenvalue weighted by Crippen LogP contribution is -2.01. The van der Waals surface area contributed by atoms with Crippen LogP contribution in [0.15, 0.2) is 28.7 Å². The van der Waals surface area contributed by atoms with Crippen molar-refractivity contribution in [2.24, 2.45) is 0 Å². The van der Waals surface area contributed by atoms with Crippen molar-refractivity contribution in [3.8, 4) is 10.6 Å². The smallest absolute Gasteiger partial charge is 0.234 e. The molecule has 3 rings (SSSR count). The number of halogens is 1. The fourth-order valence-electron chi connectivity index (χ4n) is 1.72. The molecule has 19 heavy (non-hydrogen) atoms. The van der Waals surface area contributed by atoms with Gasteiger partial charge in [0.1, 0.15) is 5.01 Å². The highest BCUT2D eigenvalue weighted by molar-refractivity contribution is 9.10. The maximum Gasteiger partial charge on any atom is 0.234 e. The lowest BCUT2D eigenvalue weighted by molar-refractivity contribution is 0.200. The van der Waals surface area contributed by atoms with E-state index in [-0.39, 0.29) is 0 Å². The molecule has 0 saturated heterocycles. The minimum Gasteiger partial charge on any atom is -0.384 e. The van der Waals surface area contributed by atoms with Crippen molar-refractivity contribution in [3.05, 3.63) is 34.6 Å². The fourth-order valence-corrected chi connectivity index (χ4v) is 2.84. The molecule has 0 spiro atoms. The SMILES string of the molecule is COCCc1nnc2sc(-c3ccc(Br)cc3)nn12. The maximum atomic E-state index is 5.06. The summed E-state index contributed by atoms with van der Waals surface area (Å²) in [5.74, 6) is 0.830. The van der Waals surface area contributed by atoms with Crippen molar-refractivity contribution in [1.82, 2.24) is 19.8 Å².